The number of allylic oxidation sites excluding steroid dienone is 2. The molecule has 0 saturated heterocycles. The van der Waals surface area contributed by atoms with E-state index in [-0.39, 0.29) is 17.9 Å². The summed E-state index contributed by atoms with van der Waals surface area (Å²) in [6, 6.07) is 0. The van der Waals surface area contributed by atoms with E-state index in [4.69, 9.17) is 5.73 Å². The van der Waals surface area contributed by atoms with Crippen LogP contribution in [0.25, 0.3) is 0 Å². The van der Waals surface area contributed by atoms with E-state index < -0.39 is 6.10 Å². The fraction of sp³-hybridized carbons (Fsp3) is 0.783. The maximum absolute atomic E-state index is 10.8. The van der Waals surface area contributed by atoms with Gasteiger partial charge >= 0.3 is 0 Å². The van der Waals surface area contributed by atoms with Crippen molar-refractivity contribution in [3.63, 3.8) is 0 Å². The Kier molecular flexibility index (Phi) is 9.04. The van der Waals surface area contributed by atoms with Crippen LogP contribution < -0.4 is 5.73 Å². The Morgan fingerprint density at radius 2 is 2.15 bits per heavy atom. The summed E-state index contributed by atoms with van der Waals surface area (Å²) in [6.07, 6.45) is 15.3. The summed E-state index contributed by atoms with van der Waals surface area (Å²) in [5.41, 5.74) is 6.66. The van der Waals surface area contributed by atoms with Gasteiger partial charge in [0.1, 0.15) is 0 Å². The molecular weight excluding hydrogens is 338 g/mol. The number of fused-ring (bicyclic) bond motifs is 1. The minimum absolute atomic E-state index is 0.148. The zero-order chi connectivity index (χ0) is 19.8. The molecule has 0 aromatic heterocycles. The van der Waals surface area contributed by atoms with Crippen LogP contribution in [-0.2, 0) is 4.79 Å². The predicted octanol–water partition coefficient (Wildman–Crippen LogP) is 4.11. The SMILES string of the molecule is CCCCC(C)CC(O)/C=C/C1C(O)CC2C=C(CCCCC(N)=O)CC21. The van der Waals surface area contributed by atoms with Gasteiger partial charge in [0.05, 0.1) is 12.2 Å². The normalized spacial score (nSPS) is 29.7. The fourth-order valence-corrected chi connectivity index (χ4v) is 4.86. The average molecular weight is 378 g/mol. The van der Waals surface area contributed by atoms with Crippen LogP contribution in [0.3, 0.4) is 0 Å². The topological polar surface area (TPSA) is 83.6 Å². The molecule has 4 N–H and O–H groups in total. The second kappa shape index (κ2) is 11.0. The molecule has 1 amide bonds. The molecule has 4 heteroatoms. The van der Waals surface area contributed by atoms with Gasteiger partial charge in [0.15, 0.2) is 0 Å². The minimum Gasteiger partial charge on any atom is -0.392 e. The minimum atomic E-state index is -0.411. The molecule has 0 aliphatic heterocycles. The predicted molar refractivity (Wildman–Crippen MR) is 110 cm³/mol. The Bertz CT molecular complexity index is 528. The first-order valence-electron chi connectivity index (χ1n) is 10.9. The second-order valence-corrected chi connectivity index (χ2v) is 8.85. The number of aliphatic hydroxyl groups is 2. The van der Waals surface area contributed by atoms with E-state index in [1.165, 1.54) is 24.8 Å². The lowest BCUT2D eigenvalue weighted by molar-refractivity contribution is -0.118. The Morgan fingerprint density at radius 3 is 2.85 bits per heavy atom. The zero-order valence-corrected chi connectivity index (χ0v) is 17.1. The number of unbranched alkanes of at least 4 members (excludes halogenated alkanes) is 2. The highest BCUT2D eigenvalue weighted by molar-refractivity contribution is 5.73. The number of carbonyl (C=O) groups excluding carboxylic acids is 1. The maximum atomic E-state index is 10.8. The molecule has 0 radical (unpaired) electrons. The molecule has 2 aliphatic rings. The summed E-state index contributed by atoms with van der Waals surface area (Å²) >= 11 is 0. The van der Waals surface area contributed by atoms with Gasteiger partial charge in [-0.2, -0.15) is 0 Å². The van der Waals surface area contributed by atoms with E-state index in [0.717, 1.165) is 38.5 Å². The summed E-state index contributed by atoms with van der Waals surface area (Å²) in [5.74, 6) is 1.39. The highest BCUT2D eigenvalue weighted by atomic mass is 16.3. The number of aliphatic hydroxyl groups excluding tert-OH is 2. The number of hydrogen-bond acceptors (Lipinski definition) is 3. The van der Waals surface area contributed by atoms with Gasteiger partial charge in [0.25, 0.3) is 0 Å². The van der Waals surface area contributed by atoms with Crippen molar-refractivity contribution in [2.45, 2.75) is 90.3 Å². The molecule has 0 aromatic carbocycles. The van der Waals surface area contributed by atoms with Crippen LogP contribution in [0.4, 0.5) is 0 Å². The van der Waals surface area contributed by atoms with Gasteiger partial charge in [-0.25, -0.2) is 0 Å². The lowest BCUT2D eigenvalue weighted by Crippen LogP contribution is -2.18. The van der Waals surface area contributed by atoms with Crippen molar-refractivity contribution in [1.82, 2.24) is 0 Å². The van der Waals surface area contributed by atoms with Gasteiger partial charge in [-0.05, 0) is 56.3 Å². The summed E-state index contributed by atoms with van der Waals surface area (Å²) in [6.45, 7) is 4.40. The molecule has 0 spiro atoms. The van der Waals surface area contributed by atoms with Gasteiger partial charge in [-0.15, -0.1) is 0 Å². The number of carbonyl (C=O) groups is 1. The van der Waals surface area contributed by atoms with Gasteiger partial charge in [0.2, 0.25) is 5.91 Å². The van der Waals surface area contributed by atoms with Crippen molar-refractivity contribution in [3.05, 3.63) is 23.8 Å². The molecule has 0 bridgehead atoms. The van der Waals surface area contributed by atoms with Crippen LogP contribution in [0.1, 0.15) is 78.1 Å². The van der Waals surface area contributed by atoms with Crippen LogP contribution in [0.2, 0.25) is 0 Å². The second-order valence-electron chi connectivity index (χ2n) is 8.85. The molecule has 2 aliphatic carbocycles. The first-order valence-corrected chi connectivity index (χ1v) is 10.9. The molecule has 0 aromatic rings. The van der Waals surface area contributed by atoms with Gasteiger partial charge in [-0.3, -0.25) is 4.79 Å². The summed E-state index contributed by atoms with van der Waals surface area (Å²) < 4.78 is 0. The maximum Gasteiger partial charge on any atom is 0.217 e. The molecule has 6 unspecified atom stereocenters. The number of rotatable bonds is 12. The van der Waals surface area contributed by atoms with Crippen LogP contribution in [0.15, 0.2) is 23.8 Å². The monoisotopic (exact) mass is 377 g/mol. The molecule has 154 valence electrons. The van der Waals surface area contributed by atoms with Crippen molar-refractivity contribution in [2.24, 2.45) is 29.4 Å². The highest BCUT2D eigenvalue weighted by Gasteiger charge is 2.43. The zero-order valence-electron chi connectivity index (χ0n) is 17.1. The molecule has 27 heavy (non-hydrogen) atoms. The van der Waals surface area contributed by atoms with Crippen LogP contribution in [0.5, 0.6) is 0 Å². The van der Waals surface area contributed by atoms with Crippen molar-refractivity contribution in [1.29, 1.82) is 0 Å². The quantitative estimate of drug-likeness (QED) is 0.353. The van der Waals surface area contributed by atoms with Crippen LogP contribution in [0, 0.1) is 23.7 Å². The third-order valence-corrected chi connectivity index (χ3v) is 6.37. The van der Waals surface area contributed by atoms with E-state index in [0.29, 0.717) is 24.2 Å². The summed E-state index contributed by atoms with van der Waals surface area (Å²) in [5, 5.41) is 20.8. The van der Waals surface area contributed by atoms with Gasteiger partial charge < -0.3 is 15.9 Å². The Morgan fingerprint density at radius 1 is 1.37 bits per heavy atom. The molecule has 1 fully saturated rings. The number of primary amides is 1. The first-order chi connectivity index (χ1) is 12.9. The van der Waals surface area contributed by atoms with Gasteiger partial charge in [-0.1, -0.05) is 56.9 Å². The van der Waals surface area contributed by atoms with Crippen molar-refractivity contribution >= 4 is 5.91 Å². The summed E-state index contributed by atoms with van der Waals surface area (Å²) in [4.78, 5) is 10.8. The largest absolute Gasteiger partial charge is 0.392 e. The third-order valence-electron chi connectivity index (χ3n) is 6.37. The Balaban J connectivity index is 1.79. The number of nitrogens with two attached hydrogens (primary N) is 1. The molecule has 6 atom stereocenters. The van der Waals surface area contributed by atoms with E-state index in [2.05, 4.69) is 26.0 Å². The number of hydrogen-bond donors (Lipinski definition) is 3. The summed E-state index contributed by atoms with van der Waals surface area (Å²) in [7, 11) is 0. The molecule has 2 rings (SSSR count). The van der Waals surface area contributed by atoms with Crippen LogP contribution in [-0.4, -0.2) is 28.3 Å². The van der Waals surface area contributed by atoms with E-state index in [1.807, 2.05) is 6.08 Å². The van der Waals surface area contributed by atoms with E-state index in [9.17, 15) is 15.0 Å². The molecular formula is C23H39NO3. The first kappa shape index (κ1) is 22.2. The average Bonchev–Trinajstić information content (AvgIpc) is 3.11. The standard InChI is InChI=1S/C23H39NO3/c1-3-4-7-16(2)12-19(25)10-11-20-21-14-17(8-5-6-9-23(24)27)13-18(21)15-22(20)26/h10-11,13,16,18-22,25-26H,3-9,12,14-15H2,1-2H3,(H2,24,27)/b11-10+. The van der Waals surface area contributed by atoms with Gasteiger partial charge in [0, 0.05) is 12.3 Å². The van der Waals surface area contributed by atoms with Crippen LogP contribution >= 0.6 is 0 Å². The van der Waals surface area contributed by atoms with Crippen molar-refractivity contribution in [3.8, 4) is 0 Å². The lowest BCUT2D eigenvalue weighted by atomic mass is 9.88. The molecule has 0 heterocycles. The lowest BCUT2D eigenvalue weighted by Gasteiger charge is -2.19. The van der Waals surface area contributed by atoms with Crippen molar-refractivity contribution in [2.75, 3.05) is 0 Å². The van der Waals surface area contributed by atoms with E-state index in [1.54, 1.807) is 0 Å². The Hall–Kier alpha value is -1.13. The van der Waals surface area contributed by atoms with Crippen molar-refractivity contribution < 1.29 is 15.0 Å². The fourth-order valence-electron chi connectivity index (χ4n) is 4.86. The third kappa shape index (κ3) is 7.08. The number of amides is 1. The Labute approximate surface area is 164 Å². The van der Waals surface area contributed by atoms with E-state index >= 15 is 0 Å². The molecule has 1 saturated carbocycles. The molecule has 4 nitrogen and oxygen atoms in total. The highest BCUT2D eigenvalue weighted by Crippen LogP contribution is 2.48. The smallest absolute Gasteiger partial charge is 0.217 e.